The fourth-order valence-electron chi connectivity index (χ4n) is 3.94. The largest absolute Gasteiger partial charge is 0.497 e. The average molecular weight is 409 g/mol. The predicted octanol–water partition coefficient (Wildman–Crippen LogP) is 2.43. The molecule has 156 valence electrons. The second-order valence-electron chi connectivity index (χ2n) is 8.03. The first-order valence-corrected chi connectivity index (χ1v) is 10.1. The molecule has 30 heavy (non-hydrogen) atoms. The first-order valence-electron chi connectivity index (χ1n) is 10.1. The van der Waals surface area contributed by atoms with Gasteiger partial charge in [0, 0.05) is 6.21 Å². The molecule has 3 aliphatic heterocycles. The molecule has 0 aliphatic carbocycles. The summed E-state index contributed by atoms with van der Waals surface area (Å²) >= 11 is 0. The standard InChI is InChI=1S/C22H24BNO6/c1-22(2)28-20-19-18(27-21(20)29-22)13-26-23(30-19)15-6-4-14(5-7-15)12-24-16-8-10-17(25-3)11-9-16/h4-12,18-21H,13H2,1-3H3/t18-,19+,20-,21-/m1/s1. The summed E-state index contributed by atoms with van der Waals surface area (Å²) in [6.45, 7) is 4.20. The van der Waals surface area contributed by atoms with Gasteiger partial charge in [0.05, 0.1) is 19.4 Å². The first-order chi connectivity index (χ1) is 14.5. The summed E-state index contributed by atoms with van der Waals surface area (Å²) in [5.74, 6) is 0.146. The van der Waals surface area contributed by atoms with Gasteiger partial charge in [-0.3, -0.25) is 4.99 Å². The van der Waals surface area contributed by atoms with Crippen molar-refractivity contribution in [1.82, 2.24) is 0 Å². The third kappa shape index (κ3) is 3.89. The molecule has 0 amide bonds. The van der Waals surface area contributed by atoms with E-state index in [1.165, 1.54) is 0 Å². The van der Waals surface area contributed by atoms with Gasteiger partial charge < -0.3 is 28.3 Å². The molecule has 3 heterocycles. The molecule has 2 aromatic carbocycles. The quantitative estimate of drug-likeness (QED) is 0.571. The van der Waals surface area contributed by atoms with Crippen LogP contribution in [0.15, 0.2) is 53.5 Å². The zero-order valence-corrected chi connectivity index (χ0v) is 17.2. The van der Waals surface area contributed by atoms with Crippen LogP contribution in [0.1, 0.15) is 19.4 Å². The van der Waals surface area contributed by atoms with Crippen molar-refractivity contribution in [1.29, 1.82) is 0 Å². The SMILES string of the molecule is COc1ccc(N=Cc2ccc(B3OC[C@H]4O[C@@H]5OC(C)(C)O[C@@H]5[C@H]4O3)cc2)cc1. The van der Waals surface area contributed by atoms with E-state index in [1.807, 2.05) is 68.6 Å². The maximum absolute atomic E-state index is 6.20. The number of methoxy groups -OCH3 is 1. The molecule has 0 aromatic heterocycles. The van der Waals surface area contributed by atoms with Crippen molar-refractivity contribution >= 4 is 24.5 Å². The fraction of sp³-hybridized carbons (Fsp3) is 0.409. The topological polar surface area (TPSA) is 67.7 Å². The van der Waals surface area contributed by atoms with E-state index in [4.69, 9.17) is 28.3 Å². The molecule has 8 heteroatoms. The number of nitrogens with zero attached hydrogens (tertiary/aromatic N) is 1. The van der Waals surface area contributed by atoms with Gasteiger partial charge >= 0.3 is 7.12 Å². The van der Waals surface area contributed by atoms with Crippen molar-refractivity contribution in [2.75, 3.05) is 13.7 Å². The number of fused-ring (bicyclic) bond motifs is 3. The lowest BCUT2D eigenvalue weighted by Crippen LogP contribution is -2.53. The Morgan fingerprint density at radius 3 is 2.53 bits per heavy atom. The Morgan fingerprint density at radius 2 is 1.80 bits per heavy atom. The van der Waals surface area contributed by atoms with Crippen molar-refractivity contribution in [2.45, 2.75) is 44.2 Å². The van der Waals surface area contributed by atoms with Crippen LogP contribution in [-0.4, -0.2) is 57.4 Å². The van der Waals surface area contributed by atoms with Gasteiger partial charge in [0.25, 0.3) is 0 Å². The molecule has 0 N–H and O–H groups in total. The molecule has 7 nitrogen and oxygen atoms in total. The number of hydrogen-bond acceptors (Lipinski definition) is 7. The summed E-state index contributed by atoms with van der Waals surface area (Å²) in [5.41, 5.74) is 2.79. The first kappa shape index (κ1) is 19.7. The molecule has 5 rings (SSSR count). The lowest BCUT2D eigenvalue weighted by molar-refractivity contribution is -0.221. The highest BCUT2D eigenvalue weighted by Gasteiger charge is 2.57. The highest BCUT2D eigenvalue weighted by atomic mass is 16.8. The maximum Gasteiger partial charge on any atom is 0.494 e. The second kappa shape index (κ2) is 7.79. The summed E-state index contributed by atoms with van der Waals surface area (Å²) in [6, 6.07) is 15.6. The molecule has 2 aromatic rings. The number of rotatable bonds is 4. The van der Waals surface area contributed by atoms with Crippen molar-refractivity contribution in [3.05, 3.63) is 54.1 Å². The molecular formula is C22H24BNO6. The Balaban J connectivity index is 1.24. The lowest BCUT2D eigenvalue weighted by Gasteiger charge is -2.32. The molecule has 3 saturated heterocycles. The normalized spacial score (nSPS) is 29.8. The van der Waals surface area contributed by atoms with Crippen molar-refractivity contribution < 1.29 is 28.3 Å². The zero-order chi connectivity index (χ0) is 20.7. The van der Waals surface area contributed by atoms with Crippen LogP contribution in [0.3, 0.4) is 0 Å². The van der Waals surface area contributed by atoms with E-state index < -0.39 is 19.2 Å². The van der Waals surface area contributed by atoms with Gasteiger partial charge in [-0.05, 0) is 49.1 Å². The smallest absolute Gasteiger partial charge is 0.494 e. The van der Waals surface area contributed by atoms with Gasteiger partial charge in [0.1, 0.15) is 24.1 Å². The van der Waals surface area contributed by atoms with Crippen LogP contribution in [0, 0.1) is 0 Å². The van der Waals surface area contributed by atoms with Crippen molar-refractivity contribution in [3.8, 4) is 5.75 Å². The van der Waals surface area contributed by atoms with E-state index in [-0.39, 0.29) is 18.3 Å². The van der Waals surface area contributed by atoms with Gasteiger partial charge in [-0.1, -0.05) is 24.3 Å². The Morgan fingerprint density at radius 1 is 1.03 bits per heavy atom. The van der Waals surface area contributed by atoms with Crippen LogP contribution in [0.2, 0.25) is 0 Å². The third-order valence-corrected chi connectivity index (χ3v) is 5.42. The van der Waals surface area contributed by atoms with Gasteiger partial charge in [-0.25, -0.2) is 0 Å². The molecule has 4 atom stereocenters. The molecule has 0 unspecified atom stereocenters. The highest BCUT2D eigenvalue weighted by Crippen LogP contribution is 2.40. The Labute approximate surface area is 176 Å². The van der Waals surface area contributed by atoms with E-state index in [0.29, 0.717) is 6.61 Å². The predicted molar refractivity (Wildman–Crippen MR) is 112 cm³/mol. The zero-order valence-electron chi connectivity index (χ0n) is 17.2. The van der Waals surface area contributed by atoms with Crippen LogP contribution in [-0.2, 0) is 23.5 Å². The fourth-order valence-corrected chi connectivity index (χ4v) is 3.94. The van der Waals surface area contributed by atoms with E-state index in [0.717, 1.165) is 22.5 Å². The van der Waals surface area contributed by atoms with Gasteiger partial charge in [-0.2, -0.15) is 0 Å². The van der Waals surface area contributed by atoms with E-state index in [9.17, 15) is 0 Å². The third-order valence-electron chi connectivity index (χ3n) is 5.42. The minimum Gasteiger partial charge on any atom is -0.497 e. The summed E-state index contributed by atoms with van der Waals surface area (Å²) in [5, 5.41) is 0. The van der Waals surface area contributed by atoms with Crippen LogP contribution in [0.5, 0.6) is 5.75 Å². The number of benzene rings is 2. The molecule has 0 radical (unpaired) electrons. The summed E-state index contributed by atoms with van der Waals surface area (Å²) in [6.07, 6.45) is 0.780. The van der Waals surface area contributed by atoms with E-state index in [2.05, 4.69) is 4.99 Å². The van der Waals surface area contributed by atoms with Crippen LogP contribution < -0.4 is 10.2 Å². The molecule has 3 aliphatic rings. The number of ether oxygens (including phenoxy) is 4. The molecule has 0 saturated carbocycles. The van der Waals surface area contributed by atoms with Crippen molar-refractivity contribution in [2.24, 2.45) is 4.99 Å². The molecule has 0 bridgehead atoms. The Hall–Kier alpha value is -2.23. The summed E-state index contributed by atoms with van der Waals surface area (Å²) < 4.78 is 34.9. The lowest BCUT2D eigenvalue weighted by atomic mass is 9.76. The molecule has 3 fully saturated rings. The van der Waals surface area contributed by atoms with Crippen molar-refractivity contribution in [3.63, 3.8) is 0 Å². The van der Waals surface area contributed by atoms with E-state index >= 15 is 0 Å². The van der Waals surface area contributed by atoms with Crippen LogP contribution >= 0.6 is 0 Å². The van der Waals surface area contributed by atoms with Crippen LogP contribution in [0.4, 0.5) is 5.69 Å². The highest BCUT2D eigenvalue weighted by molar-refractivity contribution is 6.61. The van der Waals surface area contributed by atoms with Gasteiger partial charge in [-0.15, -0.1) is 0 Å². The summed E-state index contributed by atoms with van der Waals surface area (Å²) in [7, 11) is 1.18. The van der Waals surface area contributed by atoms with Gasteiger partial charge in [0.15, 0.2) is 12.1 Å². The number of hydrogen-bond donors (Lipinski definition) is 0. The van der Waals surface area contributed by atoms with E-state index in [1.54, 1.807) is 7.11 Å². The monoisotopic (exact) mass is 409 g/mol. The average Bonchev–Trinajstić information content (AvgIpc) is 3.24. The van der Waals surface area contributed by atoms with Crippen LogP contribution in [0.25, 0.3) is 0 Å². The summed E-state index contributed by atoms with van der Waals surface area (Å²) in [4.78, 5) is 4.50. The second-order valence-corrected chi connectivity index (χ2v) is 8.03. The Kier molecular flexibility index (Phi) is 5.12. The minimum atomic E-state index is -0.664. The maximum atomic E-state index is 6.20. The minimum absolute atomic E-state index is 0.178. The molecular weight excluding hydrogens is 385 g/mol. The molecule has 0 spiro atoms. The Bertz CT molecular complexity index is 916. The van der Waals surface area contributed by atoms with Gasteiger partial charge in [0.2, 0.25) is 0 Å². The number of aliphatic imine (C=N–C) groups is 1.